The number of rotatable bonds is 6. The van der Waals surface area contributed by atoms with E-state index < -0.39 is 5.25 Å². The molecule has 0 aliphatic carbocycles. The maximum absolute atomic E-state index is 12.4. The molecule has 0 bridgehead atoms. The number of anilines is 1. The Kier molecular flexibility index (Phi) is 5.83. The lowest BCUT2D eigenvalue weighted by atomic mass is 10.2. The van der Waals surface area contributed by atoms with Gasteiger partial charge < -0.3 is 15.0 Å². The third-order valence-electron chi connectivity index (χ3n) is 4.18. The molecule has 1 N–H and O–H groups in total. The smallest absolute Gasteiger partial charge is 0.238 e. The molecule has 1 unspecified atom stereocenters. The number of para-hydroxylation sites is 1. The van der Waals surface area contributed by atoms with Crippen LogP contribution in [0.2, 0.25) is 0 Å². The van der Waals surface area contributed by atoms with Crippen LogP contribution in [-0.4, -0.2) is 42.2 Å². The van der Waals surface area contributed by atoms with Crippen molar-refractivity contribution in [3.05, 3.63) is 54.1 Å². The van der Waals surface area contributed by atoms with Crippen LogP contribution in [0.1, 0.15) is 12.0 Å². The summed E-state index contributed by atoms with van der Waals surface area (Å²) >= 11 is 1.44. The molecule has 0 saturated carbocycles. The Labute approximate surface area is 157 Å². The summed E-state index contributed by atoms with van der Waals surface area (Å²) in [7, 11) is 1.74. The van der Waals surface area contributed by atoms with Crippen LogP contribution in [0.15, 0.2) is 53.4 Å². The molecule has 26 heavy (non-hydrogen) atoms. The van der Waals surface area contributed by atoms with Crippen molar-refractivity contribution in [2.75, 3.05) is 25.5 Å². The van der Waals surface area contributed by atoms with Crippen LogP contribution in [-0.2, 0) is 9.59 Å². The van der Waals surface area contributed by atoms with E-state index >= 15 is 0 Å². The Bertz CT molecular complexity index is 809. The molecule has 0 aromatic heterocycles. The van der Waals surface area contributed by atoms with Crippen molar-refractivity contribution in [3.63, 3.8) is 0 Å². The summed E-state index contributed by atoms with van der Waals surface area (Å²) in [6.07, 6.45) is 0.172. The lowest BCUT2D eigenvalue weighted by Gasteiger charge is -2.25. The highest BCUT2D eigenvalue weighted by Gasteiger charge is 2.29. The maximum Gasteiger partial charge on any atom is 0.238 e. The highest BCUT2D eigenvalue weighted by atomic mass is 32.2. The average Bonchev–Trinajstić information content (AvgIpc) is 2.62. The number of hydrogen-bond acceptors (Lipinski definition) is 4. The van der Waals surface area contributed by atoms with Gasteiger partial charge in [0.1, 0.15) is 12.4 Å². The second-order valence-corrected chi connectivity index (χ2v) is 7.52. The summed E-state index contributed by atoms with van der Waals surface area (Å²) in [4.78, 5) is 27.3. The Hall–Kier alpha value is -2.47. The summed E-state index contributed by atoms with van der Waals surface area (Å²) < 4.78 is 5.69. The Morgan fingerprint density at radius 2 is 2.04 bits per heavy atom. The van der Waals surface area contributed by atoms with Gasteiger partial charge in [-0.15, -0.1) is 11.8 Å². The predicted molar refractivity (Wildman–Crippen MR) is 104 cm³/mol. The van der Waals surface area contributed by atoms with E-state index in [0.717, 1.165) is 21.9 Å². The number of fused-ring (bicyclic) bond motifs is 1. The first kappa shape index (κ1) is 18.3. The fraction of sp³-hybridized carbons (Fsp3) is 0.300. The fourth-order valence-corrected chi connectivity index (χ4v) is 3.77. The molecular weight excluding hydrogens is 348 g/mol. The molecule has 0 saturated heterocycles. The summed E-state index contributed by atoms with van der Waals surface area (Å²) in [6, 6.07) is 15.4. The normalized spacial score (nSPS) is 15.8. The van der Waals surface area contributed by atoms with Crippen LogP contribution in [0.5, 0.6) is 5.75 Å². The highest BCUT2D eigenvalue weighted by molar-refractivity contribution is 8.01. The van der Waals surface area contributed by atoms with Crippen molar-refractivity contribution in [3.8, 4) is 5.75 Å². The number of amides is 2. The van der Waals surface area contributed by atoms with Crippen LogP contribution in [0.3, 0.4) is 0 Å². The van der Waals surface area contributed by atoms with Gasteiger partial charge in [-0.05, 0) is 36.8 Å². The van der Waals surface area contributed by atoms with Gasteiger partial charge in [0.15, 0.2) is 0 Å². The first-order chi connectivity index (χ1) is 12.5. The third-order valence-corrected chi connectivity index (χ3v) is 5.45. The minimum Gasteiger partial charge on any atom is -0.492 e. The number of carbonyl (C=O) groups excluding carboxylic acids is 2. The number of likely N-dealkylation sites (N-methyl/N-ethyl adjacent to an activating group) is 1. The zero-order chi connectivity index (χ0) is 18.5. The van der Waals surface area contributed by atoms with E-state index in [4.69, 9.17) is 4.74 Å². The first-order valence-electron chi connectivity index (χ1n) is 8.53. The van der Waals surface area contributed by atoms with Gasteiger partial charge in [-0.25, -0.2) is 0 Å². The Morgan fingerprint density at radius 3 is 2.85 bits per heavy atom. The highest BCUT2D eigenvalue weighted by Crippen LogP contribution is 2.36. The molecule has 1 aliphatic rings. The van der Waals surface area contributed by atoms with Gasteiger partial charge in [0.05, 0.1) is 17.5 Å². The summed E-state index contributed by atoms with van der Waals surface area (Å²) in [5.41, 5.74) is 1.94. The second-order valence-electron chi connectivity index (χ2n) is 6.28. The summed E-state index contributed by atoms with van der Waals surface area (Å²) in [5.74, 6) is 0.612. The average molecular weight is 370 g/mol. The van der Waals surface area contributed by atoms with E-state index in [1.807, 2.05) is 55.5 Å². The molecule has 0 radical (unpaired) electrons. The number of carbonyl (C=O) groups is 2. The largest absolute Gasteiger partial charge is 0.492 e. The van der Waals surface area contributed by atoms with Crippen molar-refractivity contribution >= 4 is 29.3 Å². The molecule has 2 aromatic carbocycles. The van der Waals surface area contributed by atoms with Crippen molar-refractivity contribution in [2.45, 2.75) is 23.5 Å². The zero-order valence-corrected chi connectivity index (χ0v) is 15.7. The van der Waals surface area contributed by atoms with Crippen LogP contribution in [0.4, 0.5) is 5.69 Å². The molecule has 1 atom stereocenters. The van der Waals surface area contributed by atoms with Crippen LogP contribution in [0, 0.1) is 6.92 Å². The van der Waals surface area contributed by atoms with Crippen molar-refractivity contribution < 1.29 is 14.3 Å². The van der Waals surface area contributed by atoms with Gasteiger partial charge in [-0.1, -0.05) is 24.3 Å². The van der Waals surface area contributed by atoms with Crippen LogP contribution < -0.4 is 10.1 Å². The number of benzene rings is 2. The van der Waals surface area contributed by atoms with E-state index in [9.17, 15) is 9.59 Å². The molecule has 2 aromatic rings. The summed E-state index contributed by atoms with van der Waals surface area (Å²) in [6.45, 7) is 2.90. The quantitative estimate of drug-likeness (QED) is 0.847. The molecular formula is C20H22N2O3S. The molecule has 136 valence electrons. The van der Waals surface area contributed by atoms with E-state index in [1.165, 1.54) is 11.8 Å². The molecule has 2 amide bonds. The van der Waals surface area contributed by atoms with Crippen LogP contribution in [0.25, 0.3) is 0 Å². The van der Waals surface area contributed by atoms with Gasteiger partial charge in [-0.2, -0.15) is 0 Å². The maximum atomic E-state index is 12.4. The topological polar surface area (TPSA) is 58.6 Å². The number of nitrogens with one attached hydrogen (secondary N) is 1. The third kappa shape index (κ3) is 4.58. The van der Waals surface area contributed by atoms with Crippen LogP contribution >= 0.6 is 11.8 Å². The number of aryl methyl sites for hydroxylation is 1. The van der Waals surface area contributed by atoms with Crippen molar-refractivity contribution in [1.29, 1.82) is 0 Å². The SMILES string of the molecule is Cc1cccc(OCCN(C)C(=O)CC2Sc3ccccc3NC2=O)c1. The number of ether oxygens (including phenoxy) is 1. The van der Waals surface area contributed by atoms with Gasteiger partial charge in [0.25, 0.3) is 0 Å². The molecule has 0 fully saturated rings. The van der Waals surface area contributed by atoms with Gasteiger partial charge in [0.2, 0.25) is 11.8 Å². The molecule has 1 heterocycles. The van der Waals surface area contributed by atoms with E-state index in [-0.39, 0.29) is 18.2 Å². The monoisotopic (exact) mass is 370 g/mol. The molecule has 3 rings (SSSR count). The van der Waals surface area contributed by atoms with Gasteiger partial charge in [0, 0.05) is 18.4 Å². The van der Waals surface area contributed by atoms with E-state index in [1.54, 1.807) is 11.9 Å². The predicted octanol–water partition coefficient (Wildman–Crippen LogP) is 3.34. The van der Waals surface area contributed by atoms with E-state index in [0.29, 0.717) is 13.2 Å². The lowest BCUT2D eigenvalue weighted by molar-refractivity contribution is -0.131. The Morgan fingerprint density at radius 1 is 1.23 bits per heavy atom. The van der Waals surface area contributed by atoms with Gasteiger partial charge >= 0.3 is 0 Å². The minimum absolute atomic E-state index is 0.0649. The number of thioether (sulfide) groups is 1. The van der Waals surface area contributed by atoms with Gasteiger partial charge in [-0.3, -0.25) is 9.59 Å². The minimum atomic E-state index is -0.405. The summed E-state index contributed by atoms with van der Waals surface area (Å²) in [5, 5.41) is 2.46. The second kappa shape index (κ2) is 8.27. The standard InChI is InChI=1S/C20H22N2O3S/c1-14-6-5-7-15(12-14)25-11-10-22(2)19(23)13-18-20(24)21-16-8-3-4-9-17(16)26-18/h3-9,12,18H,10-11,13H2,1-2H3,(H,21,24). The number of hydrogen-bond donors (Lipinski definition) is 1. The Balaban J connectivity index is 1.49. The molecule has 6 heteroatoms. The first-order valence-corrected chi connectivity index (χ1v) is 9.41. The van der Waals surface area contributed by atoms with Crippen molar-refractivity contribution in [2.24, 2.45) is 0 Å². The number of nitrogens with zero attached hydrogens (tertiary/aromatic N) is 1. The molecule has 0 spiro atoms. The molecule has 5 nitrogen and oxygen atoms in total. The van der Waals surface area contributed by atoms with E-state index in [2.05, 4.69) is 5.32 Å². The fourth-order valence-electron chi connectivity index (χ4n) is 2.67. The zero-order valence-electron chi connectivity index (χ0n) is 14.9. The molecule has 1 aliphatic heterocycles. The lowest BCUT2D eigenvalue weighted by Crippen LogP contribution is -2.37. The van der Waals surface area contributed by atoms with Crippen molar-refractivity contribution in [1.82, 2.24) is 4.90 Å².